The molecule has 102 valence electrons. The Bertz CT molecular complexity index is 517. The SMILES string of the molecule is CC(=Nc1cc(F)cc(OCC2=NCCN2)c1)OO. The van der Waals surface area contributed by atoms with Crippen LogP contribution in [0.3, 0.4) is 0 Å². The molecular weight excluding hydrogens is 253 g/mol. The van der Waals surface area contributed by atoms with E-state index in [2.05, 4.69) is 20.2 Å². The Labute approximate surface area is 109 Å². The van der Waals surface area contributed by atoms with E-state index in [-0.39, 0.29) is 12.5 Å². The number of hydrogen-bond donors (Lipinski definition) is 2. The maximum absolute atomic E-state index is 13.4. The van der Waals surface area contributed by atoms with Crippen molar-refractivity contribution < 1.29 is 19.3 Å². The summed E-state index contributed by atoms with van der Waals surface area (Å²) in [7, 11) is 0. The number of nitrogens with one attached hydrogen (secondary N) is 1. The van der Waals surface area contributed by atoms with Gasteiger partial charge in [-0.3, -0.25) is 4.99 Å². The van der Waals surface area contributed by atoms with Crippen molar-refractivity contribution in [2.45, 2.75) is 6.92 Å². The van der Waals surface area contributed by atoms with Crippen molar-refractivity contribution in [3.63, 3.8) is 0 Å². The molecule has 1 aromatic rings. The fraction of sp³-hybridized carbons (Fsp3) is 0.333. The Balaban J connectivity index is 2.07. The molecule has 1 aliphatic rings. The summed E-state index contributed by atoms with van der Waals surface area (Å²) in [6.07, 6.45) is 0. The molecule has 7 heteroatoms. The van der Waals surface area contributed by atoms with Gasteiger partial charge in [0.25, 0.3) is 0 Å². The van der Waals surface area contributed by atoms with E-state index >= 15 is 0 Å². The second-order valence-electron chi connectivity index (χ2n) is 3.91. The third kappa shape index (κ3) is 3.92. The van der Waals surface area contributed by atoms with E-state index in [1.165, 1.54) is 19.1 Å². The van der Waals surface area contributed by atoms with Gasteiger partial charge in [-0.2, -0.15) is 0 Å². The maximum Gasteiger partial charge on any atom is 0.229 e. The van der Waals surface area contributed by atoms with Crippen LogP contribution in [-0.4, -0.2) is 36.7 Å². The van der Waals surface area contributed by atoms with Crippen LogP contribution in [0.4, 0.5) is 10.1 Å². The number of halogens is 1. The Hall–Kier alpha value is -2.15. The van der Waals surface area contributed by atoms with E-state index in [9.17, 15) is 4.39 Å². The molecule has 0 aromatic heterocycles. The van der Waals surface area contributed by atoms with Crippen molar-refractivity contribution in [3.05, 3.63) is 24.0 Å². The fourth-order valence-electron chi connectivity index (χ4n) is 1.59. The van der Waals surface area contributed by atoms with Crippen LogP contribution in [0.25, 0.3) is 0 Å². The molecule has 1 aliphatic heterocycles. The van der Waals surface area contributed by atoms with Gasteiger partial charge in [0, 0.05) is 25.6 Å². The molecule has 19 heavy (non-hydrogen) atoms. The fourth-order valence-corrected chi connectivity index (χ4v) is 1.59. The highest BCUT2D eigenvalue weighted by atomic mass is 19.1. The number of ether oxygens (including phenoxy) is 1. The Morgan fingerprint density at radius 2 is 2.37 bits per heavy atom. The van der Waals surface area contributed by atoms with Gasteiger partial charge in [0.2, 0.25) is 5.90 Å². The molecule has 0 atom stereocenters. The first kappa shape index (κ1) is 13.3. The zero-order valence-corrected chi connectivity index (χ0v) is 10.4. The second kappa shape index (κ2) is 6.14. The summed E-state index contributed by atoms with van der Waals surface area (Å²) in [4.78, 5) is 12.0. The summed E-state index contributed by atoms with van der Waals surface area (Å²) < 4.78 is 18.8. The molecule has 2 N–H and O–H groups in total. The summed E-state index contributed by atoms with van der Waals surface area (Å²) in [5.74, 6) is 0.603. The highest BCUT2D eigenvalue weighted by Gasteiger charge is 2.07. The van der Waals surface area contributed by atoms with E-state index < -0.39 is 5.82 Å². The van der Waals surface area contributed by atoms with Crippen molar-refractivity contribution >= 4 is 17.4 Å². The molecule has 0 unspecified atom stereocenters. The minimum Gasteiger partial charge on any atom is -0.486 e. The van der Waals surface area contributed by atoms with E-state index in [1.54, 1.807) is 6.07 Å². The smallest absolute Gasteiger partial charge is 0.229 e. The van der Waals surface area contributed by atoms with Crippen molar-refractivity contribution in [1.29, 1.82) is 0 Å². The number of nitrogens with zero attached hydrogens (tertiary/aromatic N) is 2. The number of hydrogen-bond acceptors (Lipinski definition) is 6. The first-order chi connectivity index (χ1) is 9.17. The topological polar surface area (TPSA) is 75.4 Å². The van der Waals surface area contributed by atoms with Crippen molar-refractivity contribution in [2.24, 2.45) is 9.98 Å². The van der Waals surface area contributed by atoms with Crippen molar-refractivity contribution in [3.8, 4) is 5.75 Å². The van der Waals surface area contributed by atoms with E-state index in [0.717, 1.165) is 18.9 Å². The lowest BCUT2D eigenvalue weighted by Gasteiger charge is -2.07. The molecule has 0 spiro atoms. The van der Waals surface area contributed by atoms with Crippen molar-refractivity contribution in [1.82, 2.24) is 5.32 Å². The van der Waals surface area contributed by atoms with E-state index in [4.69, 9.17) is 9.99 Å². The van der Waals surface area contributed by atoms with Crippen LogP contribution in [0, 0.1) is 5.82 Å². The highest BCUT2D eigenvalue weighted by molar-refractivity contribution is 5.85. The van der Waals surface area contributed by atoms with Crippen LogP contribution in [0.1, 0.15) is 6.92 Å². The Morgan fingerprint density at radius 1 is 1.53 bits per heavy atom. The van der Waals surface area contributed by atoms with Gasteiger partial charge in [0.15, 0.2) is 0 Å². The van der Waals surface area contributed by atoms with Crippen molar-refractivity contribution in [2.75, 3.05) is 19.7 Å². The van der Waals surface area contributed by atoms with Crippen LogP contribution < -0.4 is 10.1 Å². The third-order valence-electron chi connectivity index (χ3n) is 2.39. The molecule has 6 nitrogen and oxygen atoms in total. The molecule has 1 heterocycles. The molecule has 0 fully saturated rings. The van der Waals surface area contributed by atoms with Gasteiger partial charge in [-0.1, -0.05) is 0 Å². The van der Waals surface area contributed by atoms with Gasteiger partial charge >= 0.3 is 0 Å². The van der Waals surface area contributed by atoms with Crippen LogP contribution in [0.5, 0.6) is 5.75 Å². The van der Waals surface area contributed by atoms with Crippen LogP contribution in [0.15, 0.2) is 28.2 Å². The summed E-state index contributed by atoms with van der Waals surface area (Å²) in [6.45, 7) is 3.22. The standard InChI is InChI=1S/C12H14FN3O3/c1-8(19-17)16-10-4-9(13)5-11(6-10)18-7-12-14-2-3-15-12/h4-6,17H,2-3,7H2,1H3,(H,14,15). The molecule has 0 radical (unpaired) electrons. The molecule has 1 aromatic carbocycles. The Kier molecular flexibility index (Phi) is 4.30. The lowest BCUT2D eigenvalue weighted by Crippen LogP contribution is -2.24. The molecule has 0 saturated heterocycles. The zero-order valence-electron chi connectivity index (χ0n) is 10.4. The average molecular weight is 267 g/mol. The predicted molar refractivity (Wildman–Crippen MR) is 68.7 cm³/mol. The van der Waals surface area contributed by atoms with Gasteiger partial charge in [0.05, 0.1) is 12.2 Å². The van der Waals surface area contributed by atoms with Crippen LogP contribution in [-0.2, 0) is 4.89 Å². The Morgan fingerprint density at radius 3 is 3.05 bits per heavy atom. The molecule has 2 rings (SSSR count). The van der Waals surface area contributed by atoms with Crippen LogP contribution >= 0.6 is 0 Å². The second-order valence-corrected chi connectivity index (χ2v) is 3.91. The molecule has 0 amide bonds. The van der Waals surface area contributed by atoms with Crippen LogP contribution in [0.2, 0.25) is 0 Å². The zero-order chi connectivity index (χ0) is 13.7. The predicted octanol–water partition coefficient (Wildman–Crippen LogP) is 1.75. The summed E-state index contributed by atoms with van der Waals surface area (Å²) in [5.41, 5.74) is 0.294. The first-order valence-corrected chi connectivity index (χ1v) is 5.74. The first-order valence-electron chi connectivity index (χ1n) is 5.74. The van der Waals surface area contributed by atoms with Gasteiger partial charge in [-0.05, 0) is 6.07 Å². The van der Waals surface area contributed by atoms with Gasteiger partial charge in [-0.15, -0.1) is 0 Å². The molecule has 0 bridgehead atoms. The monoisotopic (exact) mass is 267 g/mol. The quantitative estimate of drug-likeness (QED) is 0.377. The largest absolute Gasteiger partial charge is 0.486 e. The van der Waals surface area contributed by atoms with E-state index in [0.29, 0.717) is 11.4 Å². The lowest BCUT2D eigenvalue weighted by atomic mass is 10.3. The molecule has 0 saturated carbocycles. The van der Waals surface area contributed by atoms with Gasteiger partial charge in [0.1, 0.15) is 24.0 Å². The highest BCUT2D eigenvalue weighted by Crippen LogP contribution is 2.22. The maximum atomic E-state index is 13.4. The van der Waals surface area contributed by atoms with E-state index in [1.807, 2.05) is 0 Å². The normalized spacial score (nSPS) is 14.9. The summed E-state index contributed by atoms with van der Waals surface area (Å²) >= 11 is 0. The average Bonchev–Trinajstić information content (AvgIpc) is 2.88. The number of benzene rings is 1. The lowest BCUT2D eigenvalue weighted by molar-refractivity contribution is -0.155. The van der Waals surface area contributed by atoms with Gasteiger partial charge < -0.3 is 14.9 Å². The number of amidine groups is 1. The third-order valence-corrected chi connectivity index (χ3v) is 2.39. The molecule has 0 aliphatic carbocycles. The minimum atomic E-state index is -0.483. The number of rotatable bonds is 4. The van der Waals surface area contributed by atoms with Gasteiger partial charge in [-0.25, -0.2) is 14.6 Å². The summed E-state index contributed by atoms with van der Waals surface area (Å²) in [6, 6.07) is 4.01. The number of aliphatic imine (C=N–C) groups is 2. The minimum absolute atomic E-state index is 0.0124. The molecular formula is C12H14FN3O3. The summed E-state index contributed by atoms with van der Waals surface area (Å²) in [5, 5.41) is 11.4.